The maximum absolute atomic E-state index is 9.45. The smallest absolute Gasteiger partial charge is 0.120 e. The highest BCUT2D eigenvalue weighted by Gasteiger charge is 2.10. The van der Waals surface area contributed by atoms with Gasteiger partial charge >= 0.3 is 0 Å². The van der Waals surface area contributed by atoms with Crippen molar-refractivity contribution in [1.82, 2.24) is 0 Å². The third kappa shape index (κ3) is 3.95. The Kier molecular flexibility index (Phi) is 6.08. The monoisotopic (exact) mass is 233 g/mol. The van der Waals surface area contributed by atoms with E-state index in [2.05, 4.69) is 0 Å². The minimum absolute atomic E-state index is 0. The van der Waals surface area contributed by atoms with Crippen LogP contribution in [0.15, 0.2) is 18.2 Å². The molecule has 1 atom stereocenters. The van der Waals surface area contributed by atoms with Crippen LogP contribution in [0, 0.1) is 0 Å². The zero-order valence-corrected chi connectivity index (χ0v) is 9.07. The minimum atomic E-state index is -0.353. The molecule has 4 nitrogen and oxygen atoms in total. The molecule has 0 aliphatic rings. The Morgan fingerprint density at radius 1 is 1.27 bits per heavy atom. The van der Waals surface area contributed by atoms with Gasteiger partial charge in [0.25, 0.3) is 0 Å². The first kappa shape index (κ1) is 14.0. The van der Waals surface area contributed by atoms with Gasteiger partial charge in [0.1, 0.15) is 11.5 Å². The summed E-state index contributed by atoms with van der Waals surface area (Å²) in [4.78, 5) is 0. The maximum atomic E-state index is 9.45. The number of halogens is 1. The number of rotatable bonds is 4. The van der Waals surface area contributed by atoms with Crippen LogP contribution in [-0.4, -0.2) is 21.9 Å². The molecule has 0 amide bonds. The van der Waals surface area contributed by atoms with Gasteiger partial charge in [-0.1, -0.05) is 0 Å². The summed E-state index contributed by atoms with van der Waals surface area (Å²) < 4.78 is 0. The van der Waals surface area contributed by atoms with E-state index in [9.17, 15) is 10.2 Å². The van der Waals surface area contributed by atoms with Crippen LogP contribution in [0.2, 0.25) is 0 Å². The first-order valence-electron chi connectivity index (χ1n) is 4.53. The van der Waals surface area contributed by atoms with Crippen molar-refractivity contribution in [3.63, 3.8) is 0 Å². The van der Waals surface area contributed by atoms with Crippen LogP contribution in [0.3, 0.4) is 0 Å². The molecule has 0 unspecified atom stereocenters. The molecule has 5 heteroatoms. The normalized spacial score (nSPS) is 11.9. The van der Waals surface area contributed by atoms with Crippen LogP contribution in [-0.2, 0) is 0 Å². The fourth-order valence-corrected chi connectivity index (χ4v) is 1.31. The number of benzene rings is 1. The van der Waals surface area contributed by atoms with Gasteiger partial charge in [-0.25, -0.2) is 0 Å². The minimum Gasteiger partial charge on any atom is -0.508 e. The van der Waals surface area contributed by atoms with Gasteiger partial charge in [0, 0.05) is 18.2 Å². The number of aliphatic hydroxyl groups is 1. The van der Waals surface area contributed by atoms with Gasteiger partial charge in [0.15, 0.2) is 0 Å². The Labute approximate surface area is 94.8 Å². The Morgan fingerprint density at radius 3 is 2.53 bits per heavy atom. The average molecular weight is 234 g/mol. The van der Waals surface area contributed by atoms with Crippen molar-refractivity contribution in [1.29, 1.82) is 0 Å². The number of phenols is 2. The number of hydrogen-bond donors (Lipinski definition) is 4. The highest BCUT2D eigenvalue weighted by molar-refractivity contribution is 5.85. The van der Waals surface area contributed by atoms with Gasteiger partial charge < -0.3 is 21.1 Å². The number of aromatic hydroxyl groups is 2. The first-order chi connectivity index (χ1) is 6.65. The molecule has 1 aromatic rings. The van der Waals surface area contributed by atoms with Gasteiger partial charge in [-0.3, -0.25) is 0 Å². The van der Waals surface area contributed by atoms with Crippen molar-refractivity contribution in [2.24, 2.45) is 5.73 Å². The van der Waals surface area contributed by atoms with Crippen LogP contribution in [0.5, 0.6) is 11.5 Å². The molecule has 5 N–H and O–H groups in total. The predicted octanol–water partition coefficient (Wildman–Crippen LogP) is 1.29. The molecule has 0 fully saturated rings. The van der Waals surface area contributed by atoms with Crippen molar-refractivity contribution >= 4 is 12.4 Å². The number of hydrogen-bond acceptors (Lipinski definition) is 4. The lowest BCUT2D eigenvalue weighted by Crippen LogP contribution is -2.10. The predicted molar refractivity (Wildman–Crippen MR) is 60.3 cm³/mol. The average Bonchev–Trinajstić information content (AvgIpc) is 2.18. The number of nitrogens with two attached hydrogens (primary N) is 1. The molecule has 0 spiro atoms. The van der Waals surface area contributed by atoms with E-state index >= 15 is 0 Å². The lowest BCUT2D eigenvalue weighted by atomic mass is 10.0. The fourth-order valence-electron chi connectivity index (χ4n) is 1.31. The standard InChI is InChI=1S/C10H15NO3.ClH/c11-9(2-1-5-12)8-6-7(13)3-4-10(8)14;/h3-4,6,9,12-14H,1-2,5,11H2;1H/t9-;/m1./s1. The molecule has 0 aliphatic heterocycles. The molecule has 1 rings (SSSR count). The molecule has 0 aliphatic carbocycles. The number of phenolic OH excluding ortho intramolecular Hbond substituents is 2. The van der Waals surface area contributed by atoms with E-state index in [-0.39, 0.29) is 36.6 Å². The summed E-state index contributed by atoms with van der Waals surface area (Å²) in [6, 6.07) is 3.90. The van der Waals surface area contributed by atoms with E-state index in [0.29, 0.717) is 18.4 Å². The van der Waals surface area contributed by atoms with Crippen molar-refractivity contribution in [2.75, 3.05) is 6.61 Å². The van der Waals surface area contributed by atoms with Crippen LogP contribution in [0.25, 0.3) is 0 Å². The summed E-state index contributed by atoms with van der Waals surface area (Å²) in [7, 11) is 0. The zero-order chi connectivity index (χ0) is 10.6. The van der Waals surface area contributed by atoms with E-state index < -0.39 is 0 Å². The van der Waals surface area contributed by atoms with E-state index in [4.69, 9.17) is 10.8 Å². The second kappa shape index (κ2) is 6.50. The molecule has 15 heavy (non-hydrogen) atoms. The molecular formula is C10H16ClNO3. The molecule has 0 saturated heterocycles. The van der Waals surface area contributed by atoms with Gasteiger partial charge in [0.05, 0.1) is 0 Å². The summed E-state index contributed by atoms with van der Waals surface area (Å²) in [6.07, 6.45) is 1.16. The van der Waals surface area contributed by atoms with Gasteiger partial charge in [0.2, 0.25) is 0 Å². The zero-order valence-electron chi connectivity index (χ0n) is 8.26. The van der Waals surface area contributed by atoms with E-state index in [1.807, 2.05) is 0 Å². The molecule has 0 radical (unpaired) electrons. The highest BCUT2D eigenvalue weighted by Crippen LogP contribution is 2.28. The lowest BCUT2D eigenvalue weighted by molar-refractivity contribution is 0.279. The van der Waals surface area contributed by atoms with Crippen LogP contribution >= 0.6 is 12.4 Å². The van der Waals surface area contributed by atoms with Gasteiger partial charge in [-0.2, -0.15) is 0 Å². The third-order valence-corrected chi connectivity index (χ3v) is 2.08. The van der Waals surface area contributed by atoms with Crippen LogP contribution < -0.4 is 5.73 Å². The molecule has 1 aromatic carbocycles. The summed E-state index contributed by atoms with van der Waals surface area (Å²) in [5.74, 6) is 0.158. The van der Waals surface area contributed by atoms with Crippen molar-refractivity contribution < 1.29 is 15.3 Å². The van der Waals surface area contributed by atoms with Crippen LogP contribution in [0.1, 0.15) is 24.4 Å². The Balaban J connectivity index is 0.00000196. The van der Waals surface area contributed by atoms with Gasteiger partial charge in [-0.15, -0.1) is 12.4 Å². The molecule has 0 aromatic heterocycles. The summed E-state index contributed by atoms with van der Waals surface area (Å²) in [5, 5.41) is 27.3. The van der Waals surface area contributed by atoms with Gasteiger partial charge in [-0.05, 0) is 31.0 Å². The van der Waals surface area contributed by atoms with Crippen molar-refractivity contribution in [3.8, 4) is 11.5 Å². The second-order valence-electron chi connectivity index (χ2n) is 3.22. The lowest BCUT2D eigenvalue weighted by Gasteiger charge is -2.13. The molecule has 0 saturated carbocycles. The molecule has 0 heterocycles. The molecule has 0 bridgehead atoms. The SMILES string of the molecule is Cl.N[C@H](CCCO)c1cc(O)ccc1O. The largest absolute Gasteiger partial charge is 0.508 e. The van der Waals surface area contributed by atoms with Crippen LogP contribution in [0.4, 0.5) is 0 Å². The molecular weight excluding hydrogens is 218 g/mol. The highest BCUT2D eigenvalue weighted by atomic mass is 35.5. The molecule has 86 valence electrons. The quantitative estimate of drug-likeness (QED) is 0.591. The summed E-state index contributed by atoms with van der Waals surface area (Å²) in [6.45, 7) is 0.0767. The maximum Gasteiger partial charge on any atom is 0.120 e. The van der Waals surface area contributed by atoms with Crippen molar-refractivity contribution in [2.45, 2.75) is 18.9 Å². The fraction of sp³-hybridized carbons (Fsp3) is 0.400. The third-order valence-electron chi connectivity index (χ3n) is 2.08. The van der Waals surface area contributed by atoms with E-state index in [1.165, 1.54) is 18.2 Å². The Morgan fingerprint density at radius 2 is 1.93 bits per heavy atom. The topological polar surface area (TPSA) is 86.7 Å². The van der Waals surface area contributed by atoms with Crippen molar-refractivity contribution in [3.05, 3.63) is 23.8 Å². The van der Waals surface area contributed by atoms with E-state index in [1.54, 1.807) is 0 Å². The van der Waals surface area contributed by atoms with E-state index in [0.717, 1.165) is 0 Å². The summed E-state index contributed by atoms with van der Waals surface area (Å²) in [5.41, 5.74) is 6.28. The Bertz CT molecular complexity index is 307. The second-order valence-corrected chi connectivity index (χ2v) is 3.22. The summed E-state index contributed by atoms with van der Waals surface area (Å²) >= 11 is 0. The number of aliphatic hydroxyl groups excluding tert-OH is 1. The first-order valence-corrected chi connectivity index (χ1v) is 4.53. The Hall–Kier alpha value is -0.970.